The quantitative estimate of drug-likeness (QED) is 0.774. The molecule has 0 aliphatic carbocycles. The first kappa shape index (κ1) is 10.4. The van der Waals surface area contributed by atoms with E-state index in [1.54, 1.807) is 18.4 Å². The van der Waals surface area contributed by atoms with Gasteiger partial charge in [0.2, 0.25) is 0 Å². The summed E-state index contributed by atoms with van der Waals surface area (Å²) < 4.78 is 0. The minimum absolute atomic E-state index is 0.427. The third-order valence-corrected chi connectivity index (χ3v) is 2.36. The lowest BCUT2D eigenvalue weighted by molar-refractivity contribution is 1.11. The number of nitrogens with one attached hydrogen (secondary N) is 2. The van der Waals surface area contributed by atoms with Gasteiger partial charge in [-0.2, -0.15) is 0 Å². The summed E-state index contributed by atoms with van der Waals surface area (Å²) in [7, 11) is 1.84. The molecule has 0 unspecified atom stereocenters. The van der Waals surface area contributed by atoms with E-state index in [0.717, 1.165) is 11.3 Å². The van der Waals surface area contributed by atoms with Crippen molar-refractivity contribution in [3.8, 4) is 0 Å². The minimum atomic E-state index is 0.427. The minimum Gasteiger partial charge on any atom is -0.386 e. The van der Waals surface area contributed by atoms with Gasteiger partial charge in [0.25, 0.3) is 0 Å². The van der Waals surface area contributed by atoms with E-state index in [9.17, 15) is 0 Å². The van der Waals surface area contributed by atoms with Crippen molar-refractivity contribution in [3.05, 3.63) is 53.7 Å². The second-order valence-electron chi connectivity index (χ2n) is 3.39. The largest absolute Gasteiger partial charge is 0.386 e. The van der Waals surface area contributed by atoms with E-state index in [1.165, 1.54) is 0 Å². The lowest BCUT2D eigenvalue weighted by Crippen LogP contribution is -2.12. The molecule has 0 spiro atoms. The number of aliphatic imine (C=N–C) groups is 1. The molecule has 1 heterocycles. The van der Waals surface area contributed by atoms with Crippen molar-refractivity contribution in [2.75, 3.05) is 7.05 Å². The van der Waals surface area contributed by atoms with E-state index in [-0.39, 0.29) is 0 Å². The predicted molar refractivity (Wildman–Crippen MR) is 67.8 cm³/mol. The Bertz CT molecular complexity index is 481. The van der Waals surface area contributed by atoms with E-state index >= 15 is 0 Å². The van der Waals surface area contributed by atoms with E-state index in [0.29, 0.717) is 11.4 Å². The first-order valence-corrected chi connectivity index (χ1v) is 5.10. The normalized spacial score (nSPS) is 17.4. The number of hydrogen-bond acceptors (Lipinski definition) is 3. The van der Waals surface area contributed by atoms with Gasteiger partial charge in [0, 0.05) is 13.3 Å². The van der Waals surface area contributed by atoms with Crippen molar-refractivity contribution in [3.63, 3.8) is 0 Å². The zero-order chi connectivity index (χ0) is 11.4. The summed E-state index contributed by atoms with van der Waals surface area (Å²) in [5, 5.41) is 10.9. The van der Waals surface area contributed by atoms with Crippen LogP contribution in [0.2, 0.25) is 0 Å². The molecular formula is C13H13N3. The smallest absolute Gasteiger partial charge is 0.112 e. The van der Waals surface area contributed by atoms with Crippen LogP contribution in [-0.4, -0.2) is 19.0 Å². The van der Waals surface area contributed by atoms with E-state index in [1.807, 2.05) is 37.4 Å². The summed E-state index contributed by atoms with van der Waals surface area (Å²) in [5.41, 5.74) is 3.02. The van der Waals surface area contributed by atoms with Crippen molar-refractivity contribution in [1.82, 2.24) is 5.32 Å². The molecule has 3 heteroatoms. The lowest BCUT2D eigenvalue weighted by Gasteiger charge is -2.12. The van der Waals surface area contributed by atoms with Gasteiger partial charge >= 0.3 is 0 Å². The molecule has 16 heavy (non-hydrogen) atoms. The zero-order valence-corrected chi connectivity index (χ0v) is 9.07. The van der Waals surface area contributed by atoms with Gasteiger partial charge in [0.1, 0.15) is 5.70 Å². The fourth-order valence-electron chi connectivity index (χ4n) is 1.61. The molecular weight excluding hydrogens is 198 g/mol. The Morgan fingerprint density at radius 2 is 2.00 bits per heavy atom. The number of dihydropyridines is 1. The molecule has 0 bridgehead atoms. The van der Waals surface area contributed by atoms with Crippen LogP contribution in [0.3, 0.4) is 0 Å². The number of hydrogen-bond donors (Lipinski definition) is 2. The average Bonchev–Trinajstić information content (AvgIpc) is 2.34. The summed E-state index contributed by atoms with van der Waals surface area (Å²) in [5.74, 6) is 0. The van der Waals surface area contributed by atoms with Gasteiger partial charge in [-0.3, -0.25) is 10.4 Å². The molecule has 2 N–H and O–H groups in total. The van der Waals surface area contributed by atoms with Crippen LogP contribution in [-0.2, 0) is 0 Å². The Morgan fingerprint density at radius 1 is 1.25 bits per heavy atom. The van der Waals surface area contributed by atoms with Crippen molar-refractivity contribution in [1.29, 1.82) is 5.41 Å². The molecule has 0 saturated carbocycles. The van der Waals surface area contributed by atoms with Gasteiger partial charge in [0.05, 0.1) is 11.4 Å². The maximum Gasteiger partial charge on any atom is 0.112 e. The molecule has 0 fully saturated rings. The van der Waals surface area contributed by atoms with Crippen LogP contribution in [0.15, 0.2) is 53.2 Å². The molecule has 0 amide bonds. The topological polar surface area (TPSA) is 48.2 Å². The molecule has 2 rings (SSSR count). The highest BCUT2D eigenvalue weighted by atomic mass is 14.9. The highest BCUT2D eigenvalue weighted by molar-refractivity contribution is 6.14. The van der Waals surface area contributed by atoms with Crippen molar-refractivity contribution >= 4 is 17.6 Å². The Hall–Kier alpha value is -2.16. The zero-order valence-electron chi connectivity index (χ0n) is 9.07. The summed E-state index contributed by atoms with van der Waals surface area (Å²) in [6, 6.07) is 9.91. The maximum absolute atomic E-state index is 7.83. The Morgan fingerprint density at radius 3 is 2.62 bits per heavy atom. The molecule has 0 atom stereocenters. The average molecular weight is 211 g/mol. The van der Waals surface area contributed by atoms with Gasteiger partial charge in [0.15, 0.2) is 0 Å². The second-order valence-corrected chi connectivity index (χ2v) is 3.39. The first-order valence-electron chi connectivity index (χ1n) is 5.10. The molecule has 1 aliphatic heterocycles. The fourth-order valence-corrected chi connectivity index (χ4v) is 1.61. The molecule has 1 aliphatic rings. The van der Waals surface area contributed by atoms with Crippen LogP contribution in [0.4, 0.5) is 0 Å². The summed E-state index contributed by atoms with van der Waals surface area (Å²) in [6.07, 6.45) is 5.21. The van der Waals surface area contributed by atoms with Crippen molar-refractivity contribution < 1.29 is 0 Å². The standard InChI is InChI=1S/C13H13N3/c1-15-12(10-6-3-2-4-7-10)13-11(14)8-5-9-16-13/h2-9,14-15H,1H3/b13-12+,14-11?. The molecule has 0 saturated heterocycles. The third-order valence-electron chi connectivity index (χ3n) is 2.36. The number of rotatable bonds is 2. The Kier molecular flexibility index (Phi) is 2.96. The van der Waals surface area contributed by atoms with Crippen LogP contribution in [0.1, 0.15) is 5.56 Å². The lowest BCUT2D eigenvalue weighted by atomic mass is 10.1. The highest BCUT2D eigenvalue weighted by Crippen LogP contribution is 2.18. The Balaban J connectivity index is 2.51. The van der Waals surface area contributed by atoms with Crippen LogP contribution < -0.4 is 5.32 Å². The molecule has 0 radical (unpaired) electrons. The monoisotopic (exact) mass is 211 g/mol. The van der Waals surface area contributed by atoms with Gasteiger partial charge in [-0.15, -0.1) is 0 Å². The van der Waals surface area contributed by atoms with E-state index < -0.39 is 0 Å². The van der Waals surface area contributed by atoms with Gasteiger partial charge in [-0.1, -0.05) is 30.3 Å². The highest BCUT2D eigenvalue weighted by Gasteiger charge is 2.11. The summed E-state index contributed by atoms with van der Waals surface area (Å²) in [6.45, 7) is 0. The summed E-state index contributed by atoms with van der Waals surface area (Å²) in [4.78, 5) is 4.24. The van der Waals surface area contributed by atoms with E-state index in [2.05, 4.69) is 10.3 Å². The van der Waals surface area contributed by atoms with E-state index in [4.69, 9.17) is 5.41 Å². The van der Waals surface area contributed by atoms with Crippen molar-refractivity contribution in [2.24, 2.45) is 4.99 Å². The van der Waals surface area contributed by atoms with Crippen LogP contribution in [0, 0.1) is 5.41 Å². The van der Waals surface area contributed by atoms with Crippen LogP contribution >= 0.6 is 0 Å². The molecule has 0 aromatic heterocycles. The number of nitrogens with zero attached hydrogens (tertiary/aromatic N) is 1. The van der Waals surface area contributed by atoms with Crippen LogP contribution in [0.25, 0.3) is 5.70 Å². The van der Waals surface area contributed by atoms with Crippen LogP contribution in [0.5, 0.6) is 0 Å². The van der Waals surface area contributed by atoms with Crippen molar-refractivity contribution in [2.45, 2.75) is 0 Å². The first-order chi connectivity index (χ1) is 7.83. The van der Waals surface area contributed by atoms with Gasteiger partial charge in [-0.25, -0.2) is 0 Å². The van der Waals surface area contributed by atoms with Gasteiger partial charge in [-0.05, 0) is 17.7 Å². The molecule has 3 nitrogen and oxygen atoms in total. The molecule has 1 aromatic carbocycles. The number of benzene rings is 1. The SMILES string of the molecule is CN/C(=C1/N=CC=CC1=N)c1ccccc1. The second kappa shape index (κ2) is 4.57. The Labute approximate surface area is 94.7 Å². The summed E-state index contributed by atoms with van der Waals surface area (Å²) >= 11 is 0. The third kappa shape index (κ3) is 1.93. The molecule has 80 valence electrons. The molecule has 1 aromatic rings. The number of allylic oxidation sites excluding steroid dienone is 2. The fraction of sp³-hybridized carbons (Fsp3) is 0.0769. The maximum atomic E-state index is 7.83. The van der Waals surface area contributed by atoms with Gasteiger partial charge < -0.3 is 5.32 Å². The predicted octanol–water partition coefficient (Wildman–Crippen LogP) is 2.23.